The molecular weight excluding hydrogens is 286 g/mol. The van der Waals surface area contributed by atoms with Crippen LogP contribution in [0.25, 0.3) is 0 Å². The van der Waals surface area contributed by atoms with Gasteiger partial charge in [-0.25, -0.2) is 0 Å². The first-order valence-electron chi connectivity index (χ1n) is 7.24. The van der Waals surface area contributed by atoms with Gasteiger partial charge in [0, 0.05) is 18.4 Å². The van der Waals surface area contributed by atoms with Gasteiger partial charge in [-0.1, -0.05) is 34.1 Å². The van der Waals surface area contributed by atoms with Gasteiger partial charge < -0.3 is 0 Å². The molecule has 1 aliphatic carbocycles. The van der Waals surface area contributed by atoms with E-state index in [1.54, 1.807) is 11.1 Å². The Hall–Kier alpha value is -0.340. The van der Waals surface area contributed by atoms with Crippen molar-refractivity contribution in [1.82, 2.24) is 4.90 Å². The maximum absolute atomic E-state index is 3.56. The van der Waals surface area contributed by atoms with E-state index in [4.69, 9.17) is 0 Å². The molecule has 2 heteroatoms. The first-order valence-corrected chi connectivity index (χ1v) is 8.36. The zero-order chi connectivity index (χ0) is 12.4. The Bertz CT molecular complexity index is 416. The molecule has 1 nitrogen and oxygen atoms in total. The van der Waals surface area contributed by atoms with Crippen LogP contribution in [0.5, 0.6) is 0 Å². The fraction of sp³-hybridized carbons (Fsp3) is 0.625. The monoisotopic (exact) mass is 307 g/mol. The number of likely N-dealkylation sites (tertiary alicyclic amines) is 1. The maximum atomic E-state index is 3.56. The van der Waals surface area contributed by atoms with Crippen LogP contribution in [-0.4, -0.2) is 23.3 Å². The predicted molar refractivity (Wildman–Crippen MR) is 80.3 cm³/mol. The zero-order valence-electron chi connectivity index (χ0n) is 11.0. The summed E-state index contributed by atoms with van der Waals surface area (Å²) in [5.41, 5.74) is 4.73. The number of hydrogen-bond acceptors (Lipinski definition) is 1. The molecule has 1 atom stereocenters. The van der Waals surface area contributed by atoms with Gasteiger partial charge in [-0.05, 0) is 61.3 Å². The second-order valence-corrected chi connectivity index (χ2v) is 6.62. The molecule has 1 aromatic rings. The largest absolute Gasteiger partial charge is 0.299 e. The van der Waals surface area contributed by atoms with Crippen molar-refractivity contribution in [2.24, 2.45) is 5.92 Å². The lowest BCUT2D eigenvalue weighted by molar-refractivity contribution is 0.315. The molecule has 0 amide bonds. The highest BCUT2D eigenvalue weighted by molar-refractivity contribution is 9.09. The summed E-state index contributed by atoms with van der Waals surface area (Å²) in [7, 11) is 0. The van der Waals surface area contributed by atoms with Crippen LogP contribution in [0.1, 0.15) is 36.0 Å². The summed E-state index contributed by atoms with van der Waals surface area (Å²) in [5, 5.41) is 1.16. The summed E-state index contributed by atoms with van der Waals surface area (Å²) in [5.74, 6) is 0.916. The first kappa shape index (κ1) is 12.7. The molecule has 1 aliphatic heterocycles. The number of hydrogen-bond donors (Lipinski definition) is 0. The van der Waals surface area contributed by atoms with Gasteiger partial charge >= 0.3 is 0 Å². The van der Waals surface area contributed by atoms with Crippen LogP contribution in [0.2, 0.25) is 0 Å². The predicted octanol–water partition coefficient (Wildman–Crippen LogP) is 3.78. The molecular formula is C16H22BrN. The van der Waals surface area contributed by atoms with Crippen LogP contribution in [0, 0.1) is 5.92 Å². The van der Waals surface area contributed by atoms with E-state index >= 15 is 0 Å². The molecule has 0 N–H and O–H groups in total. The molecule has 0 bridgehead atoms. The van der Waals surface area contributed by atoms with Crippen molar-refractivity contribution < 1.29 is 0 Å². The third-order valence-corrected chi connectivity index (χ3v) is 4.91. The molecule has 98 valence electrons. The zero-order valence-corrected chi connectivity index (χ0v) is 12.6. The van der Waals surface area contributed by atoms with Gasteiger partial charge in [0.25, 0.3) is 0 Å². The van der Waals surface area contributed by atoms with Crippen molar-refractivity contribution in [2.75, 3.05) is 18.4 Å². The molecule has 0 aromatic heterocycles. The Morgan fingerprint density at radius 2 is 2.11 bits per heavy atom. The molecule has 0 radical (unpaired) electrons. The van der Waals surface area contributed by atoms with Gasteiger partial charge in [0.2, 0.25) is 0 Å². The Morgan fingerprint density at radius 3 is 3.00 bits per heavy atom. The summed E-state index contributed by atoms with van der Waals surface area (Å²) >= 11 is 3.56. The van der Waals surface area contributed by atoms with Gasteiger partial charge in [0.05, 0.1) is 0 Å². The lowest BCUT2D eigenvalue weighted by atomic mass is 10.1. The number of fused-ring (bicyclic) bond motifs is 1. The van der Waals surface area contributed by atoms with Crippen LogP contribution in [0.3, 0.4) is 0 Å². The fourth-order valence-electron chi connectivity index (χ4n) is 3.43. The van der Waals surface area contributed by atoms with E-state index in [2.05, 4.69) is 39.0 Å². The molecule has 1 aromatic carbocycles. The summed E-state index contributed by atoms with van der Waals surface area (Å²) in [6.07, 6.45) is 6.68. The van der Waals surface area contributed by atoms with Crippen molar-refractivity contribution >= 4 is 15.9 Å². The minimum absolute atomic E-state index is 0.916. The van der Waals surface area contributed by atoms with E-state index < -0.39 is 0 Å². The molecule has 1 saturated heterocycles. The summed E-state index contributed by atoms with van der Waals surface area (Å²) in [6, 6.07) is 7.17. The van der Waals surface area contributed by atoms with Gasteiger partial charge in [0.15, 0.2) is 0 Å². The Kier molecular flexibility index (Phi) is 4.05. The average molecular weight is 308 g/mol. The summed E-state index contributed by atoms with van der Waals surface area (Å²) in [6.45, 7) is 3.74. The number of rotatable bonds is 4. The highest BCUT2D eigenvalue weighted by Gasteiger charge is 2.22. The highest BCUT2D eigenvalue weighted by atomic mass is 79.9. The fourth-order valence-corrected chi connectivity index (χ4v) is 4.08. The first-order chi connectivity index (χ1) is 8.85. The normalized spacial score (nSPS) is 23.5. The standard InChI is InChI=1S/C16H22BrN/c17-8-6-13-7-9-18(11-13)12-14-4-5-15-2-1-3-16(15)10-14/h4-5,10,13H,1-3,6-9,11-12H2. The molecule has 2 aliphatic rings. The van der Waals surface area contributed by atoms with E-state index in [1.807, 2.05) is 0 Å². The Balaban J connectivity index is 1.60. The topological polar surface area (TPSA) is 3.24 Å². The van der Waals surface area contributed by atoms with Gasteiger partial charge in [-0.15, -0.1) is 0 Å². The van der Waals surface area contributed by atoms with Crippen molar-refractivity contribution in [3.63, 3.8) is 0 Å². The molecule has 18 heavy (non-hydrogen) atoms. The smallest absolute Gasteiger partial charge is 0.0233 e. The number of halogens is 1. The van der Waals surface area contributed by atoms with E-state index in [0.717, 1.165) is 17.8 Å². The number of alkyl halides is 1. The lowest BCUT2D eigenvalue weighted by Gasteiger charge is -2.16. The molecule has 1 heterocycles. The number of nitrogens with zero attached hydrogens (tertiary/aromatic N) is 1. The molecule has 1 fully saturated rings. The second-order valence-electron chi connectivity index (χ2n) is 5.82. The summed E-state index contributed by atoms with van der Waals surface area (Å²) < 4.78 is 0. The summed E-state index contributed by atoms with van der Waals surface area (Å²) in [4.78, 5) is 2.63. The van der Waals surface area contributed by atoms with Crippen molar-refractivity contribution in [3.05, 3.63) is 34.9 Å². The Labute approximate surface area is 119 Å². The molecule has 3 rings (SSSR count). The number of aryl methyl sites for hydroxylation is 2. The van der Waals surface area contributed by atoms with Crippen molar-refractivity contribution in [2.45, 2.75) is 38.6 Å². The van der Waals surface area contributed by atoms with Crippen LogP contribution in [0.15, 0.2) is 18.2 Å². The minimum atomic E-state index is 0.916. The number of benzene rings is 1. The van der Waals surface area contributed by atoms with Crippen LogP contribution < -0.4 is 0 Å². The average Bonchev–Trinajstić information content (AvgIpc) is 2.98. The van der Waals surface area contributed by atoms with Crippen LogP contribution in [-0.2, 0) is 19.4 Å². The van der Waals surface area contributed by atoms with E-state index in [1.165, 1.54) is 50.8 Å². The molecule has 1 unspecified atom stereocenters. The van der Waals surface area contributed by atoms with Crippen molar-refractivity contribution in [3.8, 4) is 0 Å². The molecule has 0 saturated carbocycles. The lowest BCUT2D eigenvalue weighted by Crippen LogP contribution is -2.20. The van der Waals surface area contributed by atoms with Gasteiger partial charge in [-0.2, -0.15) is 0 Å². The van der Waals surface area contributed by atoms with Gasteiger partial charge in [-0.3, -0.25) is 4.90 Å². The van der Waals surface area contributed by atoms with E-state index in [-0.39, 0.29) is 0 Å². The molecule has 0 spiro atoms. The highest BCUT2D eigenvalue weighted by Crippen LogP contribution is 2.25. The third-order valence-electron chi connectivity index (χ3n) is 4.46. The third kappa shape index (κ3) is 2.80. The van der Waals surface area contributed by atoms with Crippen LogP contribution >= 0.6 is 15.9 Å². The SMILES string of the molecule is BrCCC1CCN(Cc2ccc3c(c2)CCC3)C1. The minimum Gasteiger partial charge on any atom is -0.299 e. The van der Waals surface area contributed by atoms with Gasteiger partial charge in [0.1, 0.15) is 0 Å². The second kappa shape index (κ2) is 5.75. The van der Waals surface area contributed by atoms with Crippen molar-refractivity contribution in [1.29, 1.82) is 0 Å². The van der Waals surface area contributed by atoms with Crippen LogP contribution in [0.4, 0.5) is 0 Å². The maximum Gasteiger partial charge on any atom is 0.0233 e. The Morgan fingerprint density at radius 1 is 1.22 bits per heavy atom. The quantitative estimate of drug-likeness (QED) is 0.765. The van der Waals surface area contributed by atoms with E-state index in [9.17, 15) is 0 Å². The van der Waals surface area contributed by atoms with E-state index in [0.29, 0.717) is 0 Å².